The minimum atomic E-state index is -0.407. The molecule has 0 spiro atoms. The van der Waals surface area contributed by atoms with Gasteiger partial charge in [0.1, 0.15) is 0 Å². The minimum Gasteiger partial charge on any atom is -0.465 e. The molecule has 75 valence electrons. The van der Waals surface area contributed by atoms with Crippen LogP contribution in [0.3, 0.4) is 0 Å². The topological polar surface area (TPSA) is 66.8 Å². The molecule has 4 nitrogen and oxygen atoms in total. The number of methoxy groups -OCH3 is 1. The summed E-state index contributed by atoms with van der Waals surface area (Å²) in [6.45, 7) is 0. The number of carbonyl (C=O) groups is 1. The van der Waals surface area contributed by atoms with Crippen LogP contribution < -0.4 is 0 Å². The zero-order valence-electron chi connectivity index (χ0n) is 7.48. The minimum absolute atomic E-state index is 0. The van der Waals surface area contributed by atoms with Gasteiger partial charge in [-0.25, -0.2) is 4.79 Å². The lowest BCUT2D eigenvalue weighted by Crippen LogP contribution is -2.01. The molecule has 0 unspecified atom stereocenters. The van der Waals surface area contributed by atoms with Crippen molar-refractivity contribution in [2.75, 3.05) is 7.11 Å². The molecule has 0 amide bonds. The van der Waals surface area contributed by atoms with E-state index in [0.29, 0.717) is 10.6 Å². The van der Waals surface area contributed by atoms with Crippen LogP contribution in [0.1, 0.15) is 10.4 Å². The first kappa shape index (κ1) is 13.0. The molecule has 0 aliphatic carbocycles. The first-order chi connectivity index (χ1) is 6.67. The van der Waals surface area contributed by atoms with Crippen molar-refractivity contribution in [1.82, 2.24) is 0 Å². The molecule has 0 aliphatic heterocycles. The number of hydrogen-bond acceptors (Lipinski definition) is 4. The van der Waals surface area contributed by atoms with E-state index in [-0.39, 0.29) is 7.69 Å². The number of rotatable bonds is 1. The molecular weight excluding hydrogens is 206 g/mol. The number of esters is 1. The second kappa shape index (κ2) is 7.38. The van der Waals surface area contributed by atoms with E-state index in [2.05, 4.69) is 4.74 Å². The highest BCUT2D eigenvalue weighted by atomic mass is 35.5. The van der Waals surface area contributed by atoms with Gasteiger partial charge in [0, 0.05) is 0 Å². The van der Waals surface area contributed by atoms with Gasteiger partial charge in [0.2, 0.25) is 0 Å². The molecule has 1 radical (unpaired) electrons. The Balaban J connectivity index is 0.000000500. The Bertz CT molecular complexity index is 292. The molecule has 6 heteroatoms. The zero-order valence-corrected chi connectivity index (χ0v) is 8.23. The number of benzene rings is 1. The normalized spacial score (nSPS) is 8.29. The second-order valence-electron chi connectivity index (χ2n) is 2.09. The van der Waals surface area contributed by atoms with Gasteiger partial charge in [-0.3, -0.25) is 0 Å². The van der Waals surface area contributed by atoms with Crippen molar-refractivity contribution in [3.63, 3.8) is 0 Å². The zero-order chi connectivity index (χ0) is 11.0. The third-order valence-electron chi connectivity index (χ3n) is 1.28. The predicted molar refractivity (Wildman–Crippen MR) is 53.0 cm³/mol. The summed E-state index contributed by atoms with van der Waals surface area (Å²) in [5, 5.41) is 14.4. The summed E-state index contributed by atoms with van der Waals surface area (Å²) >= 11 is 5.70. The largest absolute Gasteiger partial charge is 0.482 e. The number of carbonyl (C=O) groups excluding carboxylic acids is 1. The fourth-order valence-corrected chi connectivity index (χ4v) is 0.950. The lowest BCUT2D eigenvalue weighted by molar-refractivity contribution is 0.0601. The van der Waals surface area contributed by atoms with Gasteiger partial charge in [0.25, 0.3) is 0 Å². The molecule has 1 aromatic carbocycles. The SMILES string of the molecule is COC(=O)c1ccccc1Cl.O[B]O. The van der Waals surface area contributed by atoms with Gasteiger partial charge in [-0.2, -0.15) is 0 Å². The Hall–Kier alpha value is -1.04. The third kappa shape index (κ3) is 4.27. The molecule has 14 heavy (non-hydrogen) atoms. The van der Waals surface area contributed by atoms with Gasteiger partial charge in [0.05, 0.1) is 17.7 Å². The van der Waals surface area contributed by atoms with Gasteiger partial charge >= 0.3 is 13.7 Å². The van der Waals surface area contributed by atoms with Gasteiger partial charge in [-0.1, -0.05) is 23.7 Å². The molecule has 0 heterocycles. The summed E-state index contributed by atoms with van der Waals surface area (Å²) in [7, 11) is 1.33. The lowest BCUT2D eigenvalue weighted by atomic mass is 10.2. The van der Waals surface area contributed by atoms with E-state index in [1.807, 2.05) is 0 Å². The van der Waals surface area contributed by atoms with Gasteiger partial charge in [-0.15, -0.1) is 0 Å². The molecule has 2 N–H and O–H groups in total. The summed E-state index contributed by atoms with van der Waals surface area (Å²) in [4.78, 5) is 10.9. The highest BCUT2D eigenvalue weighted by Crippen LogP contribution is 2.15. The van der Waals surface area contributed by atoms with E-state index in [1.54, 1.807) is 24.3 Å². The monoisotopic (exact) mass is 215 g/mol. The van der Waals surface area contributed by atoms with Crippen LogP contribution in [0, 0.1) is 0 Å². The summed E-state index contributed by atoms with van der Waals surface area (Å²) in [6.07, 6.45) is 0. The van der Waals surface area contributed by atoms with Crippen LogP contribution in [0.15, 0.2) is 24.3 Å². The van der Waals surface area contributed by atoms with Crippen molar-refractivity contribution in [3.05, 3.63) is 34.9 Å². The summed E-state index contributed by atoms with van der Waals surface area (Å²) in [5.41, 5.74) is 0.400. The van der Waals surface area contributed by atoms with Gasteiger partial charge in [0.15, 0.2) is 0 Å². The highest BCUT2D eigenvalue weighted by Gasteiger charge is 2.07. The van der Waals surface area contributed by atoms with E-state index in [4.69, 9.17) is 21.6 Å². The van der Waals surface area contributed by atoms with Crippen LogP contribution in [0.5, 0.6) is 0 Å². The number of ether oxygens (including phenoxy) is 1. The van der Waals surface area contributed by atoms with Crippen molar-refractivity contribution in [2.24, 2.45) is 0 Å². The number of hydrogen-bond donors (Lipinski definition) is 2. The van der Waals surface area contributed by atoms with Crippen LogP contribution in [0.4, 0.5) is 0 Å². The van der Waals surface area contributed by atoms with Crippen molar-refractivity contribution >= 4 is 25.3 Å². The van der Waals surface area contributed by atoms with Gasteiger partial charge in [-0.05, 0) is 12.1 Å². The van der Waals surface area contributed by atoms with E-state index >= 15 is 0 Å². The highest BCUT2D eigenvalue weighted by molar-refractivity contribution is 6.33. The lowest BCUT2D eigenvalue weighted by Gasteiger charge is -1.99. The van der Waals surface area contributed by atoms with E-state index in [1.165, 1.54) is 7.11 Å². The molecule has 0 bridgehead atoms. The molecule has 1 aromatic rings. The van der Waals surface area contributed by atoms with Crippen LogP contribution in [0.2, 0.25) is 5.02 Å². The summed E-state index contributed by atoms with van der Waals surface area (Å²) in [6, 6.07) is 6.76. The first-order valence-corrected chi connectivity index (χ1v) is 3.98. The van der Waals surface area contributed by atoms with Crippen LogP contribution in [-0.2, 0) is 4.74 Å². The first-order valence-electron chi connectivity index (χ1n) is 3.60. The molecular formula is C8H9BClO4. The van der Waals surface area contributed by atoms with E-state index in [0.717, 1.165) is 0 Å². The maximum absolute atomic E-state index is 10.9. The fraction of sp³-hybridized carbons (Fsp3) is 0.125. The van der Waals surface area contributed by atoms with E-state index in [9.17, 15) is 4.79 Å². The maximum Gasteiger partial charge on any atom is 0.482 e. The average molecular weight is 215 g/mol. The van der Waals surface area contributed by atoms with Crippen LogP contribution in [0.25, 0.3) is 0 Å². The van der Waals surface area contributed by atoms with Gasteiger partial charge < -0.3 is 14.8 Å². The van der Waals surface area contributed by atoms with E-state index < -0.39 is 5.97 Å². The Kier molecular flexibility index (Phi) is 6.83. The van der Waals surface area contributed by atoms with Crippen molar-refractivity contribution in [1.29, 1.82) is 0 Å². The average Bonchev–Trinajstić information content (AvgIpc) is 2.19. The van der Waals surface area contributed by atoms with Crippen LogP contribution >= 0.6 is 11.6 Å². The molecule has 0 aromatic heterocycles. The molecule has 0 saturated carbocycles. The second-order valence-corrected chi connectivity index (χ2v) is 2.49. The Morgan fingerprint density at radius 3 is 2.36 bits per heavy atom. The standard InChI is InChI=1S/C8H7ClO2.BH2O2/c1-11-8(10)6-4-2-3-5-7(6)9;2-1-3/h2-5H,1H3;2-3H. The Morgan fingerprint density at radius 1 is 1.43 bits per heavy atom. The molecule has 1 rings (SSSR count). The van der Waals surface area contributed by atoms with Crippen LogP contribution in [-0.4, -0.2) is 30.8 Å². The predicted octanol–water partition coefficient (Wildman–Crippen LogP) is 0.632. The Morgan fingerprint density at radius 2 is 1.93 bits per heavy atom. The quantitative estimate of drug-likeness (QED) is 0.533. The third-order valence-corrected chi connectivity index (χ3v) is 1.61. The van der Waals surface area contributed by atoms with Crippen molar-refractivity contribution in [2.45, 2.75) is 0 Å². The summed E-state index contributed by atoms with van der Waals surface area (Å²) in [5.74, 6) is -0.407. The van der Waals surface area contributed by atoms with Crippen molar-refractivity contribution < 1.29 is 19.6 Å². The smallest absolute Gasteiger partial charge is 0.465 e. The molecule has 0 aliphatic rings. The van der Waals surface area contributed by atoms with Crippen molar-refractivity contribution in [3.8, 4) is 0 Å². The Labute approximate surface area is 87.4 Å². The molecule has 0 fully saturated rings. The fourth-order valence-electron chi connectivity index (χ4n) is 0.737. The molecule has 0 saturated heterocycles. The maximum atomic E-state index is 10.9. The summed E-state index contributed by atoms with van der Waals surface area (Å²) < 4.78 is 4.49. The number of halogens is 1. The molecule has 0 atom stereocenters.